The van der Waals surface area contributed by atoms with E-state index in [0.717, 1.165) is 6.04 Å². The minimum absolute atomic E-state index is 0.800. The van der Waals surface area contributed by atoms with Gasteiger partial charge in [-0.05, 0) is 13.3 Å². The zero-order valence-corrected chi connectivity index (χ0v) is 9.18. The van der Waals surface area contributed by atoms with Crippen molar-refractivity contribution in [2.24, 2.45) is 0 Å². The van der Waals surface area contributed by atoms with Crippen molar-refractivity contribution >= 4 is 0 Å². The van der Waals surface area contributed by atoms with Crippen LogP contribution in [-0.2, 0) is 0 Å². The van der Waals surface area contributed by atoms with Crippen LogP contribution in [0.3, 0.4) is 0 Å². The average molecular weight is 184 g/mol. The third kappa shape index (κ3) is 4.10. The van der Waals surface area contributed by atoms with Gasteiger partial charge in [0, 0.05) is 32.2 Å². The fraction of sp³-hybridized carbons (Fsp3) is 1.00. The van der Waals surface area contributed by atoms with Gasteiger partial charge < -0.3 is 5.32 Å². The van der Waals surface area contributed by atoms with Crippen molar-refractivity contribution in [3.05, 3.63) is 0 Å². The van der Waals surface area contributed by atoms with Crippen molar-refractivity contribution in [3.63, 3.8) is 0 Å². The first kappa shape index (κ1) is 11.0. The highest BCUT2D eigenvalue weighted by molar-refractivity contribution is 4.73. The van der Waals surface area contributed by atoms with Crippen LogP contribution in [0.1, 0.15) is 39.5 Å². The maximum Gasteiger partial charge on any atom is 0.0110 e. The number of hydrogen-bond donors (Lipinski definition) is 1. The van der Waals surface area contributed by atoms with Crippen molar-refractivity contribution < 1.29 is 0 Å². The molecule has 0 spiro atoms. The van der Waals surface area contributed by atoms with Crippen LogP contribution in [0, 0.1) is 0 Å². The van der Waals surface area contributed by atoms with E-state index in [2.05, 4.69) is 24.1 Å². The Morgan fingerprint density at radius 1 is 1.23 bits per heavy atom. The first-order chi connectivity index (χ1) is 6.34. The SMILES string of the molecule is CCCCC[C@@H](C)N1CCNCC1. The highest BCUT2D eigenvalue weighted by Crippen LogP contribution is 2.09. The monoisotopic (exact) mass is 184 g/mol. The lowest BCUT2D eigenvalue weighted by Gasteiger charge is -2.32. The molecule has 1 N–H and O–H groups in total. The van der Waals surface area contributed by atoms with Crippen LogP contribution in [0.15, 0.2) is 0 Å². The van der Waals surface area contributed by atoms with Gasteiger partial charge in [0.05, 0.1) is 0 Å². The molecule has 0 aromatic carbocycles. The van der Waals surface area contributed by atoms with Crippen LogP contribution in [-0.4, -0.2) is 37.1 Å². The molecule has 2 nitrogen and oxygen atoms in total. The third-order valence-corrected chi connectivity index (χ3v) is 3.00. The Hall–Kier alpha value is -0.0800. The fourth-order valence-corrected chi connectivity index (χ4v) is 2.00. The summed E-state index contributed by atoms with van der Waals surface area (Å²) in [4.78, 5) is 2.62. The quantitative estimate of drug-likeness (QED) is 0.656. The lowest BCUT2D eigenvalue weighted by molar-refractivity contribution is 0.174. The van der Waals surface area contributed by atoms with Crippen molar-refractivity contribution in [1.82, 2.24) is 10.2 Å². The van der Waals surface area contributed by atoms with Gasteiger partial charge in [-0.2, -0.15) is 0 Å². The number of nitrogens with one attached hydrogen (secondary N) is 1. The minimum Gasteiger partial charge on any atom is -0.314 e. The third-order valence-electron chi connectivity index (χ3n) is 3.00. The van der Waals surface area contributed by atoms with E-state index in [9.17, 15) is 0 Å². The first-order valence-electron chi connectivity index (χ1n) is 5.79. The number of unbranched alkanes of at least 4 members (excludes halogenated alkanes) is 2. The van der Waals surface area contributed by atoms with Crippen LogP contribution in [0.2, 0.25) is 0 Å². The minimum atomic E-state index is 0.800. The van der Waals surface area contributed by atoms with Gasteiger partial charge in [-0.3, -0.25) is 4.90 Å². The number of nitrogens with zero attached hydrogens (tertiary/aromatic N) is 1. The van der Waals surface area contributed by atoms with Gasteiger partial charge in [-0.25, -0.2) is 0 Å². The summed E-state index contributed by atoms with van der Waals surface area (Å²) in [6, 6.07) is 0.800. The largest absolute Gasteiger partial charge is 0.314 e. The zero-order valence-electron chi connectivity index (χ0n) is 9.18. The maximum absolute atomic E-state index is 3.40. The standard InChI is InChI=1S/C11H24N2/c1-3-4-5-6-11(2)13-9-7-12-8-10-13/h11-12H,3-10H2,1-2H3/t11-/m1/s1. The second-order valence-electron chi connectivity index (χ2n) is 4.13. The van der Waals surface area contributed by atoms with Crippen LogP contribution in [0.25, 0.3) is 0 Å². The Kier molecular flexibility index (Phi) is 5.40. The molecule has 1 fully saturated rings. The topological polar surface area (TPSA) is 15.3 Å². The molecule has 78 valence electrons. The lowest BCUT2D eigenvalue weighted by atomic mass is 10.1. The summed E-state index contributed by atoms with van der Waals surface area (Å²) in [5.41, 5.74) is 0. The second-order valence-corrected chi connectivity index (χ2v) is 4.13. The Morgan fingerprint density at radius 3 is 2.54 bits per heavy atom. The summed E-state index contributed by atoms with van der Waals surface area (Å²) in [6.45, 7) is 9.49. The van der Waals surface area contributed by atoms with Gasteiger partial charge in [-0.15, -0.1) is 0 Å². The fourth-order valence-electron chi connectivity index (χ4n) is 2.00. The molecule has 0 aromatic heterocycles. The highest BCUT2D eigenvalue weighted by Gasteiger charge is 2.15. The van der Waals surface area contributed by atoms with Crippen LogP contribution in [0.4, 0.5) is 0 Å². The summed E-state index contributed by atoms with van der Waals surface area (Å²) >= 11 is 0. The molecular weight excluding hydrogens is 160 g/mol. The van der Waals surface area contributed by atoms with E-state index in [4.69, 9.17) is 0 Å². The molecule has 0 radical (unpaired) electrons. The molecule has 1 saturated heterocycles. The molecule has 0 aromatic rings. The van der Waals surface area contributed by atoms with Gasteiger partial charge in [-0.1, -0.05) is 26.2 Å². The van der Waals surface area contributed by atoms with Crippen molar-refractivity contribution in [3.8, 4) is 0 Å². The van der Waals surface area contributed by atoms with Crippen molar-refractivity contribution in [2.45, 2.75) is 45.6 Å². The summed E-state index contributed by atoms with van der Waals surface area (Å²) in [6.07, 6.45) is 5.53. The molecular formula is C11H24N2. The van der Waals surface area contributed by atoms with Crippen molar-refractivity contribution in [1.29, 1.82) is 0 Å². The number of hydrogen-bond acceptors (Lipinski definition) is 2. The smallest absolute Gasteiger partial charge is 0.0110 e. The molecule has 0 amide bonds. The van der Waals surface area contributed by atoms with Gasteiger partial charge in [0.2, 0.25) is 0 Å². The summed E-state index contributed by atoms with van der Waals surface area (Å²) in [5.74, 6) is 0. The van der Waals surface area contributed by atoms with Crippen LogP contribution < -0.4 is 5.32 Å². The molecule has 0 aliphatic carbocycles. The predicted molar refractivity (Wildman–Crippen MR) is 58.0 cm³/mol. The summed E-state index contributed by atoms with van der Waals surface area (Å²) in [7, 11) is 0. The van der Waals surface area contributed by atoms with E-state index in [1.165, 1.54) is 51.9 Å². The van der Waals surface area contributed by atoms with Gasteiger partial charge in [0.15, 0.2) is 0 Å². The Morgan fingerprint density at radius 2 is 1.92 bits per heavy atom. The van der Waals surface area contributed by atoms with Crippen LogP contribution in [0.5, 0.6) is 0 Å². The summed E-state index contributed by atoms with van der Waals surface area (Å²) in [5, 5.41) is 3.40. The second kappa shape index (κ2) is 6.39. The lowest BCUT2D eigenvalue weighted by Crippen LogP contribution is -2.47. The Balaban J connectivity index is 2.09. The molecule has 1 atom stereocenters. The molecule has 2 heteroatoms. The molecule has 1 heterocycles. The van der Waals surface area contributed by atoms with E-state index < -0.39 is 0 Å². The van der Waals surface area contributed by atoms with Crippen LogP contribution >= 0.6 is 0 Å². The first-order valence-corrected chi connectivity index (χ1v) is 5.79. The van der Waals surface area contributed by atoms with E-state index in [1.807, 2.05) is 0 Å². The van der Waals surface area contributed by atoms with Crippen molar-refractivity contribution in [2.75, 3.05) is 26.2 Å². The molecule has 1 rings (SSSR count). The number of rotatable bonds is 5. The van der Waals surface area contributed by atoms with E-state index >= 15 is 0 Å². The highest BCUT2D eigenvalue weighted by atomic mass is 15.2. The van der Waals surface area contributed by atoms with Gasteiger partial charge >= 0.3 is 0 Å². The maximum atomic E-state index is 3.40. The zero-order chi connectivity index (χ0) is 9.52. The summed E-state index contributed by atoms with van der Waals surface area (Å²) < 4.78 is 0. The molecule has 1 aliphatic heterocycles. The van der Waals surface area contributed by atoms with E-state index in [-0.39, 0.29) is 0 Å². The molecule has 0 unspecified atom stereocenters. The molecule has 1 aliphatic rings. The molecule has 13 heavy (non-hydrogen) atoms. The van der Waals surface area contributed by atoms with E-state index in [0.29, 0.717) is 0 Å². The van der Waals surface area contributed by atoms with Gasteiger partial charge in [0.1, 0.15) is 0 Å². The number of piperazine rings is 1. The Bertz CT molecular complexity index is 119. The molecule has 0 bridgehead atoms. The average Bonchev–Trinajstić information content (AvgIpc) is 2.19. The predicted octanol–water partition coefficient (Wildman–Crippen LogP) is 1.86. The van der Waals surface area contributed by atoms with Gasteiger partial charge in [0.25, 0.3) is 0 Å². The molecule has 0 saturated carbocycles. The normalized spacial score (nSPS) is 21.7. The van der Waals surface area contributed by atoms with E-state index in [1.54, 1.807) is 0 Å². The Labute approximate surface area is 82.7 Å².